The van der Waals surface area contributed by atoms with Crippen LogP contribution < -0.4 is 0 Å². The van der Waals surface area contributed by atoms with Crippen LogP contribution in [0.15, 0.2) is 0 Å². The van der Waals surface area contributed by atoms with E-state index in [1.54, 1.807) is 0 Å². The summed E-state index contributed by atoms with van der Waals surface area (Å²) < 4.78 is 68.1. The van der Waals surface area contributed by atoms with Crippen molar-refractivity contribution in [3.8, 4) is 0 Å². The summed E-state index contributed by atoms with van der Waals surface area (Å²) in [6.07, 6.45) is 41.8. The average molecular weight is 1280 g/mol. The van der Waals surface area contributed by atoms with Gasteiger partial charge in [0, 0.05) is 25.7 Å². The van der Waals surface area contributed by atoms with Crippen LogP contribution in [0.3, 0.4) is 0 Å². The maximum atomic E-state index is 13.0. The van der Waals surface area contributed by atoms with Crippen LogP contribution in [0.4, 0.5) is 0 Å². The first-order valence-electron chi connectivity index (χ1n) is 35.3. The number of carbonyl (C=O) groups is 4. The number of esters is 4. The van der Waals surface area contributed by atoms with Crippen molar-refractivity contribution in [3.05, 3.63) is 0 Å². The van der Waals surface area contributed by atoms with Crippen LogP contribution >= 0.6 is 15.6 Å². The number of hydrogen-bond donors (Lipinski definition) is 3. The first-order chi connectivity index (χ1) is 41.7. The second-order valence-electron chi connectivity index (χ2n) is 26.0. The summed E-state index contributed by atoms with van der Waals surface area (Å²) in [5, 5.41) is 10.6. The fourth-order valence-electron chi connectivity index (χ4n) is 10.2. The van der Waals surface area contributed by atoms with E-state index < -0.39 is 97.5 Å². The summed E-state index contributed by atoms with van der Waals surface area (Å²) in [6.45, 7) is 11.8. The molecular formula is C68H132O17P2. The van der Waals surface area contributed by atoms with Crippen LogP contribution in [0, 0.1) is 17.8 Å². The van der Waals surface area contributed by atoms with Crippen LogP contribution in [-0.4, -0.2) is 96.7 Å². The molecule has 19 heteroatoms. The Labute approximate surface area is 530 Å². The Kier molecular flexibility index (Phi) is 57.8. The van der Waals surface area contributed by atoms with Gasteiger partial charge < -0.3 is 33.8 Å². The zero-order chi connectivity index (χ0) is 64.5. The van der Waals surface area contributed by atoms with Gasteiger partial charge in [-0.2, -0.15) is 0 Å². The third-order valence-corrected chi connectivity index (χ3v) is 17.5. The van der Waals surface area contributed by atoms with E-state index in [4.69, 9.17) is 37.0 Å². The number of aliphatic hydroxyl groups is 1. The molecule has 17 nitrogen and oxygen atoms in total. The van der Waals surface area contributed by atoms with Gasteiger partial charge in [-0.15, -0.1) is 0 Å². The summed E-state index contributed by atoms with van der Waals surface area (Å²) in [5.74, 6) is 0.106. The molecule has 0 heterocycles. The average Bonchev–Trinajstić information content (AvgIpc) is 3.69. The lowest BCUT2D eigenvalue weighted by Gasteiger charge is -2.21. The van der Waals surface area contributed by atoms with Gasteiger partial charge in [-0.05, 0) is 43.4 Å². The molecule has 0 amide bonds. The van der Waals surface area contributed by atoms with Crippen LogP contribution in [0.5, 0.6) is 0 Å². The maximum absolute atomic E-state index is 13.0. The van der Waals surface area contributed by atoms with E-state index in [1.165, 1.54) is 141 Å². The number of carbonyl (C=O) groups excluding carboxylic acids is 4. The summed E-state index contributed by atoms with van der Waals surface area (Å²) in [7, 11) is -9.89. The predicted octanol–water partition coefficient (Wildman–Crippen LogP) is 19.1. The first kappa shape index (κ1) is 85.1. The van der Waals surface area contributed by atoms with Crippen molar-refractivity contribution in [1.82, 2.24) is 0 Å². The summed E-state index contributed by atoms with van der Waals surface area (Å²) in [5.41, 5.74) is 0. The predicted molar refractivity (Wildman–Crippen MR) is 349 cm³/mol. The molecule has 0 saturated carbocycles. The molecule has 0 spiro atoms. The second-order valence-corrected chi connectivity index (χ2v) is 28.9. The highest BCUT2D eigenvalue weighted by molar-refractivity contribution is 7.47. The van der Waals surface area contributed by atoms with Crippen molar-refractivity contribution in [2.24, 2.45) is 17.8 Å². The van der Waals surface area contributed by atoms with Crippen LogP contribution in [-0.2, 0) is 65.4 Å². The molecule has 0 aliphatic rings. The second kappa shape index (κ2) is 59.1. The van der Waals surface area contributed by atoms with E-state index in [1.807, 2.05) is 0 Å². The Morgan fingerprint density at radius 3 is 0.782 bits per heavy atom. The van der Waals surface area contributed by atoms with E-state index in [-0.39, 0.29) is 25.7 Å². The molecule has 0 aliphatic carbocycles. The van der Waals surface area contributed by atoms with E-state index in [0.717, 1.165) is 114 Å². The molecule has 516 valence electrons. The molecule has 87 heavy (non-hydrogen) atoms. The Bertz CT molecular complexity index is 1720. The van der Waals surface area contributed by atoms with Crippen molar-refractivity contribution < 1.29 is 80.2 Å². The number of unbranched alkanes of at least 4 members (excludes halogenated alkanes) is 34. The van der Waals surface area contributed by atoms with E-state index >= 15 is 0 Å². The van der Waals surface area contributed by atoms with Crippen LogP contribution in [0.2, 0.25) is 0 Å². The molecule has 0 rings (SSSR count). The van der Waals surface area contributed by atoms with Gasteiger partial charge in [-0.3, -0.25) is 37.3 Å². The largest absolute Gasteiger partial charge is 0.472 e. The van der Waals surface area contributed by atoms with Crippen molar-refractivity contribution >= 4 is 39.5 Å². The zero-order valence-corrected chi connectivity index (χ0v) is 58.3. The number of phosphoric ester groups is 2. The minimum atomic E-state index is -4.95. The highest BCUT2D eigenvalue weighted by Crippen LogP contribution is 2.45. The summed E-state index contributed by atoms with van der Waals surface area (Å²) in [4.78, 5) is 72.3. The van der Waals surface area contributed by atoms with E-state index in [0.29, 0.717) is 25.7 Å². The molecule has 0 aromatic heterocycles. The van der Waals surface area contributed by atoms with E-state index in [9.17, 15) is 43.2 Å². The maximum Gasteiger partial charge on any atom is 0.472 e. The SMILES string of the molecule is CCCCCCCCCCC(=O)OC[C@H](COP(=O)(O)OC[C@H](O)COP(=O)(O)OC[C@@H](COC(=O)CCCCCCCCCCC(C)C)OC(=O)CCCCCCCCCCCCCCCCC(C)C)OC(=O)CCCCCCCCCCC(C)C. The molecule has 0 fully saturated rings. The Morgan fingerprint density at radius 2 is 0.529 bits per heavy atom. The van der Waals surface area contributed by atoms with Gasteiger partial charge in [-0.1, -0.05) is 286 Å². The summed E-state index contributed by atoms with van der Waals surface area (Å²) >= 11 is 0. The molecule has 3 N–H and O–H groups in total. The third kappa shape index (κ3) is 62.6. The van der Waals surface area contributed by atoms with Gasteiger partial charge >= 0.3 is 39.5 Å². The van der Waals surface area contributed by atoms with Crippen LogP contribution in [0.1, 0.15) is 337 Å². The Balaban J connectivity index is 5.21. The molecule has 0 radical (unpaired) electrons. The quantitative estimate of drug-likeness (QED) is 0.0222. The fraction of sp³-hybridized carbons (Fsp3) is 0.941. The lowest BCUT2D eigenvalue weighted by atomic mass is 10.0. The Hall–Kier alpha value is -1.94. The smallest absolute Gasteiger partial charge is 0.462 e. The van der Waals surface area contributed by atoms with Gasteiger partial charge in [0.05, 0.1) is 26.4 Å². The number of aliphatic hydroxyl groups excluding tert-OH is 1. The monoisotopic (exact) mass is 1280 g/mol. The first-order valence-corrected chi connectivity index (χ1v) is 38.3. The molecule has 0 aromatic rings. The van der Waals surface area contributed by atoms with Crippen LogP contribution in [0.25, 0.3) is 0 Å². The lowest BCUT2D eigenvalue weighted by molar-refractivity contribution is -0.161. The number of hydrogen-bond acceptors (Lipinski definition) is 15. The lowest BCUT2D eigenvalue weighted by Crippen LogP contribution is -2.30. The normalized spacial score (nSPS) is 14.3. The van der Waals surface area contributed by atoms with Gasteiger partial charge in [0.25, 0.3) is 0 Å². The topological polar surface area (TPSA) is 237 Å². The molecular weight excluding hydrogens is 1150 g/mol. The number of rotatable bonds is 66. The van der Waals surface area contributed by atoms with E-state index in [2.05, 4.69) is 48.5 Å². The molecule has 0 saturated heterocycles. The number of ether oxygens (including phenoxy) is 4. The fourth-order valence-corrected chi connectivity index (χ4v) is 11.8. The van der Waals surface area contributed by atoms with Gasteiger partial charge in [-0.25, -0.2) is 9.13 Å². The van der Waals surface area contributed by atoms with Crippen molar-refractivity contribution in [2.45, 2.75) is 356 Å². The minimum Gasteiger partial charge on any atom is -0.462 e. The third-order valence-electron chi connectivity index (χ3n) is 15.6. The Morgan fingerprint density at radius 1 is 0.310 bits per heavy atom. The molecule has 0 bridgehead atoms. The zero-order valence-electron chi connectivity index (χ0n) is 56.5. The van der Waals surface area contributed by atoms with Crippen molar-refractivity contribution in [2.75, 3.05) is 39.6 Å². The van der Waals surface area contributed by atoms with Gasteiger partial charge in [0.15, 0.2) is 12.2 Å². The molecule has 5 atom stereocenters. The highest BCUT2D eigenvalue weighted by atomic mass is 31.2. The van der Waals surface area contributed by atoms with Crippen molar-refractivity contribution in [3.63, 3.8) is 0 Å². The minimum absolute atomic E-state index is 0.104. The molecule has 0 aliphatic heterocycles. The number of phosphoric acid groups is 2. The summed E-state index contributed by atoms with van der Waals surface area (Å²) in [6, 6.07) is 0. The standard InChI is InChI=1S/C68H132O17P2/c1-8-9-10-11-12-28-35-42-49-65(70)78-55-63(85-68(73)52-45-38-31-24-22-27-34-41-48-61(6)7)57-82-86(74,75)80-53-62(69)54-81-87(76,77)83-58-64(56-79-66(71)50-43-36-29-23-21-26-33-40-47-60(4)5)84-67(72)51-44-37-30-20-18-16-14-13-15-17-19-25-32-39-46-59(2)3/h59-64,69H,8-58H2,1-7H3,(H,74,75)(H,76,77)/t62-,63+,64+/m0/s1. The van der Waals surface area contributed by atoms with Gasteiger partial charge in [0.1, 0.15) is 19.3 Å². The molecule has 0 aromatic carbocycles. The van der Waals surface area contributed by atoms with Crippen molar-refractivity contribution in [1.29, 1.82) is 0 Å². The molecule has 2 unspecified atom stereocenters. The highest BCUT2D eigenvalue weighted by Gasteiger charge is 2.30. The van der Waals surface area contributed by atoms with Gasteiger partial charge in [0.2, 0.25) is 0 Å².